The second-order valence-electron chi connectivity index (χ2n) is 4.86. The van der Waals surface area contributed by atoms with Crippen LogP contribution in [-0.2, 0) is 4.79 Å². The van der Waals surface area contributed by atoms with Gasteiger partial charge in [0.2, 0.25) is 0 Å². The maximum absolute atomic E-state index is 10.9. The lowest BCUT2D eigenvalue weighted by molar-refractivity contribution is -0.140. The van der Waals surface area contributed by atoms with E-state index in [0.29, 0.717) is 12.5 Å². The first-order chi connectivity index (χ1) is 6.84. The van der Waals surface area contributed by atoms with E-state index in [9.17, 15) is 4.79 Å². The summed E-state index contributed by atoms with van der Waals surface area (Å²) in [6, 6.07) is -0.464. The normalized spacial score (nSPS) is 15.7. The summed E-state index contributed by atoms with van der Waals surface area (Å²) in [4.78, 5) is 10.9. The molecule has 0 unspecified atom stereocenters. The maximum Gasteiger partial charge on any atom is 0.320 e. The fraction of sp³-hybridized carbons (Fsp3) is 0.909. The molecule has 0 aromatic heterocycles. The molecule has 0 aromatic rings. The summed E-state index contributed by atoms with van der Waals surface area (Å²) in [5.41, 5.74) is 5.87. The van der Waals surface area contributed by atoms with Crippen molar-refractivity contribution in [3.63, 3.8) is 0 Å². The van der Waals surface area contributed by atoms with Crippen molar-refractivity contribution in [2.45, 2.75) is 46.2 Å². The van der Waals surface area contributed by atoms with Gasteiger partial charge in [0, 0.05) is 12.6 Å². The molecule has 0 heterocycles. The SMILES string of the molecule is CC(C)C[C@H](N)CN[C@H](C(=O)O)C(C)C. The van der Waals surface area contributed by atoms with Gasteiger partial charge in [0.25, 0.3) is 0 Å². The van der Waals surface area contributed by atoms with Crippen LogP contribution in [0.4, 0.5) is 0 Å². The third kappa shape index (κ3) is 6.47. The summed E-state index contributed by atoms with van der Waals surface area (Å²) in [7, 11) is 0. The number of carboxylic acid groups (broad SMARTS) is 1. The number of nitrogens with two attached hydrogens (primary N) is 1. The molecule has 0 aliphatic rings. The van der Waals surface area contributed by atoms with Gasteiger partial charge < -0.3 is 16.2 Å². The zero-order valence-electron chi connectivity index (χ0n) is 10.2. The number of aliphatic carboxylic acids is 1. The van der Waals surface area contributed by atoms with Crippen molar-refractivity contribution in [2.24, 2.45) is 17.6 Å². The van der Waals surface area contributed by atoms with Crippen LogP contribution in [0.2, 0.25) is 0 Å². The molecule has 0 saturated heterocycles. The molecule has 4 N–H and O–H groups in total. The Morgan fingerprint density at radius 2 is 1.87 bits per heavy atom. The van der Waals surface area contributed by atoms with Crippen LogP contribution >= 0.6 is 0 Å². The Balaban J connectivity index is 3.94. The van der Waals surface area contributed by atoms with Crippen LogP contribution in [0.3, 0.4) is 0 Å². The third-order valence-corrected chi connectivity index (χ3v) is 2.31. The van der Waals surface area contributed by atoms with E-state index in [1.165, 1.54) is 0 Å². The summed E-state index contributed by atoms with van der Waals surface area (Å²) in [5, 5.41) is 11.9. The Morgan fingerprint density at radius 1 is 1.33 bits per heavy atom. The molecule has 0 rings (SSSR count). The van der Waals surface area contributed by atoms with E-state index in [-0.39, 0.29) is 12.0 Å². The van der Waals surface area contributed by atoms with E-state index in [2.05, 4.69) is 19.2 Å². The molecule has 0 amide bonds. The Hall–Kier alpha value is -0.610. The highest BCUT2D eigenvalue weighted by Crippen LogP contribution is 2.04. The van der Waals surface area contributed by atoms with E-state index in [1.54, 1.807) is 0 Å². The van der Waals surface area contributed by atoms with Gasteiger partial charge in [0.1, 0.15) is 6.04 Å². The first kappa shape index (κ1) is 14.4. The second kappa shape index (κ2) is 6.80. The Bertz CT molecular complexity index is 193. The van der Waals surface area contributed by atoms with Gasteiger partial charge in [-0.25, -0.2) is 0 Å². The quantitative estimate of drug-likeness (QED) is 0.595. The van der Waals surface area contributed by atoms with Gasteiger partial charge in [-0.1, -0.05) is 27.7 Å². The van der Waals surface area contributed by atoms with Crippen LogP contribution in [0.15, 0.2) is 0 Å². The molecular formula is C11H24N2O2. The topological polar surface area (TPSA) is 75.3 Å². The molecule has 0 aromatic carbocycles. The highest BCUT2D eigenvalue weighted by molar-refractivity contribution is 5.73. The van der Waals surface area contributed by atoms with Crippen molar-refractivity contribution in [3.8, 4) is 0 Å². The van der Waals surface area contributed by atoms with E-state index in [1.807, 2.05) is 13.8 Å². The zero-order chi connectivity index (χ0) is 12.0. The molecule has 90 valence electrons. The Morgan fingerprint density at radius 3 is 2.20 bits per heavy atom. The number of hydrogen-bond donors (Lipinski definition) is 3. The van der Waals surface area contributed by atoms with Crippen LogP contribution < -0.4 is 11.1 Å². The average Bonchev–Trinajstić information content (AvgIpc) is 2.00. The molecule has 4 heteroatoms. The smallest absolute Gasteiger partial charge is 0.320 e. The lowest BCUT2D eigenvalue weighted by Crippen LogP contribution is -2.46. The summed E-state index contributed by atoms with van der Waals surface area (Å²) in [6.45, 7) is 8.56. The maximum atomic E-state index is 10.9. The van der Waals surface area contributed by atoms with Crippen LogP contribution in [-0.4, -0.2) is 29.7 Å². The van der Waals surface area contributed by atoms with Crippen LogP contribution in [0, 0.1) is 11.8 Å². The lowest BCUT2D eigenvalue weighted by atomic mass is 10.0. The lowest BCUT2D eigenvalue weighted by Gasteiger charge is -2.21. The molecular weight excluding hydrogens is 192 g/mol. The Kier molecular flexibility index (Phi) is 6.52. The minimum absolute atomic E-state index is 0.0330. The first-order valence-corrected chi connectivity index (χ1v) is 5.56. The van der Waals surface area contributed by atoms with Gasteiger partial charge in [-0.05, 0) is 18.3 Å². The number of carboxylic acids is 1. The van der Waals surface area contributed by atoms with Gasteiger partial charge in [0.05, 0.1) is 0 Å². The van der Waals surface area contributed by atoms with E-state index < -0.39 is 12.0 Å². The van der Waals surface area contributed by atoms with Crippen molar-refractivity contribution in [1.82, 2.24) is 5.32 Å². The molecule has 15 heavy (non-hydrogen) atoms. The summed E-state index contributed by atoms with van der Waals surface area (Å²) in [6.07, 6.45) is 0.914. The van der Waals surface area contributed by atoms with E-state index >= 15 is 0 Å². The standard InChI is InChI=1S/C11H24N2O2/c1-7(2)5-9(12)6-13-10(8(3)4)11(14)15/h7-10,13H,5-6,12H2,1-4H3,(H,14,15)/t9-,10-/m0/s1. The van der Waals surface area contributed by atoms with Crippen LogP contribution in [0.1, 0.15) is 34.1 Å². The predicted molar refractivity (Wildman–Crippen MR) is 61.7 cm³/mol. The molecule has 4 nitrogen and oxygen atoms in total. The molecule has 0 bridgehead atoms. The molecule has 0 aliphatic carbocycles. The molecule has 0 saturated carbocycles. The van der Waals surface area contributed by atoms with Crippen molar-refractivity contribution in [1.29, 1.82) is 0 Å². The Labute approximate surface area is 92.2 Å². The fourth-order valence-corrected chi connectivity index (χ4v) is 1.58. The predicted octanol–water partition coefficient (Wildman–Crippen LogP) is 1.06. The second-order valence-corrected chi connectivity index (χ2v) is 4.86. The van der Waals surface area contributed by atoms with Gasteiger partial charge >= 0.3 is 5.97 Å². The van der Waals surface area contributed by atoms with Gasteiger partial charge in [-0.2, -0.15) is 0 Å². The van der Waals surface area contributed by atoms with E-state index in [0.717, 1.165) is 6.42 Å². The van der Waals surface area contributed by atoms with Crippen LogP contribution in [0.5, 0.6) is 0 Å². The van der Waals surface area contributed by atoms with Gasteiger partial charge in [-0.3, -0.25) is 4.79 Å². The van der Waals surface area contributed by atoms with Gasteiger partial charge in [-0.15, -0.1) is 0 Å². The highest BCUT2D eigenvalue weighted by Gasteiger charge is 2.21. The molecule has 2 atom stereocenters. The minimum Gasteiger partial charge on any atom is -0.480 e. The molecule has 0 spiro atoms. The molecule has 0 aliphatic heterocycles. The summed E-state index contributed by atoms with van der Waals surface area (Å²) < 4.78 is 0. The number of carbonyl (C=O) groups is 1. The first-order valence-electron chi connectivity index (χ1n) is 5.56. The average molecular weight is 216 g/mol. The highest BCUT2D eigenvalue weighted by atomic mass is 16.4. The van der Waals surface area contributed by atoms with Crippen LogP contribution in [0.25, 0.3) is 0 Å². The minimum atomic E-state index is -0.804. The van der Waals surface area contributed by atoms with Crippen molar-refractivity contribution in [2.75, 3.05) is 6.54 Å². The number of rotatable bonds is 7. The van der Waals surface area contributed by atoms with Gasteiger partial charge in [0.15, 0.2) is 0 Å². The molecule has 0 fully saturated rings. The summed E-state index contributed by atoms with van der Waals surface area (Å²) in [5.74, 6) is -0.181. The summed E-state index contributed by atoms with van der Waals surface area (Å²) >= 11 is 0. The number of hydrogen-bond acceptors (Lipinski definition) is 3. The zero-order valence-corrected chi connectivity index (χ0v) is 10.2. The molecule has 0 radical (unpaired) electrons. The fourth-order valence-electron chi connectivity index (χ4n) is 1.58. The largest absolute Gasteiger partial charge is 0.480 e. The van der Waals surface area contributed by atoms with Crippen molar-refractivity contribution < 1.29 is 9.90 Å². The number of nitrogens with one attached hydrogen (secondary N) is 1. The van der Waals surface area contributed by atoms with E-state index in [4.69, 9.17) is 10.8 Å². The van der Waals surface area contributed by atoms with Crippen molar-refractivity contribution >= 4 is 5.97 Å². The van der Waals surface area contributed by atoms with Crippen molar-refractivity contribution in [3.05, 3.63) is 0 Å². The third-order valence-electron chi connectivity index (χ3n) is 2.31. The monoisotopic (exact) mass is 216 g/mol.